The Kier molecular flexibility index (Phi) is 6.32. The van der Waals surface area contributed by atoms with Gasteiger partial charge in [-0.2, -0.15) is 0 Å². The number of hydrogen-bond acceptors (Lipinski definition) is 8. The van der Waals surface area contributed by atoms with Gasteiger partial charge in [0.15, 0.2) is 11.4 Å². The van der Waals surface area contributed by atoms with E-state index in [4.69, 9.17) is 5.73 Å². The third-order valence-electron chi connectivity index (χ3n) is 8.89. The largest absolute Gasteiger partial charge is 0.508 e. The lowest BCUT2D eigenvalue weighted by Gasteiger charge is -2.50. The van der Waals surface area contributed by atoms with Crippen LogP contribution >= 0.6 is 0 Å². The molecule has 0 heterocycles. The average molecular weight is 567 g/mol. The van der Waals surface area contributed by atoms with Crippen LogP contribution in [0.2, 0.25) is 0 Å². The fourth-order valence-electron chi connectivity index (χ4n) is 7.02. The zero-order valence-corrected chi connectivity index (χ0v) is 23.0. The van der Waals surface area contributed by atoms with Crippen LogP contribution in [0.25, 0.3) is 28.0 Å². The van der Waals surface area contributed by atoms with Crippen molar-refractivity contribution in [2.24, 2.45) is 17.6 Å². The predicted molar refractivity (Wildman–Crippen MR) is 155 cm³/mol. The predicted octanol–water partition coefficient (Wildman–Crippen LogP) is 3.30. The number of hydrogen-bond donors (Lipinski definition) is 5. The third-order valence-corrected chi connectivity index (χ3v) is 8.89. The van der Waals surface area contributed by atoms with E-state index in [0.29, 0.717) is 16.7 Å². The lowest BCUT2D eigenvalue weighted by molar-refractivity contribution is -0.153. The van der Waals surface area contributed by atoms with Crippen molar-refractivity contribution in [1.82, 2.24) is 4.90 Å². The molecule has 0 radical (unpaired) electrons. The summed E-state index contributed by atoms with van der Waals surface area (Å²) in [5.74, 6) is -6.72. The first-order chi connectivity index (χ1) is 20.0. The van der Waals surface area contributed by atoms with Crippen molar-refractivity contribution in [3.63, 3.8) is 0 Å². The molecule has 3 aromatic rings. The number of phenols is 1. The summed E-state index contributed by atoms with van der Waals surface area (Å²) in [5, 5.41) is 46.3. The number of phenolic OH excluding ortho intramolecular Hbond substituents is 1. The molecule has 1 amide bonds. The molecule has 0 aliphatic heterocycles. The van der Waals surface area contributed by atoms with E-state index in [2.05, 4.69) is 0 Å². The molecule has 6 N–H and O–H groups in total. The Hall–Kier alpha value is -4.73. The van der Waals surface area contributed by atoms with Crippen LogP contribution in [-0.4, -0.2) is 68.5 Å². The summed E-state index contributed by atoms with van der Waals surface area (Å²) in [6, 6.07) is 19.3. The Morgan fingerprint density at radius 2 is 1.50 bits per heavy atom. The average Bonchev–Trinajstić information content (AvgIpc) is 2.95. The number of carbonyl (C=O) groups excluding carboxylic acids is 3. The van der Waals surface area contributed by atoms with Crippen molar-refractivity contribution >= 4 is 23.2 Å². The smallest absolute Gasteiger partial charge is 0.255 e. The summed E-state index contributed by atoms with van der Waals surface area (Å²) >= 11 is 0. The number of rotatable bonds is 4. The molecule has 42 heavy (non-hydrogen) atoms. The van der Waals surface area contributed by atoms with Gasteiger partial charge in [-0.15, -0.1) is 0 Å². The monoisotopic (exact) mass is 566 g/mol. The van der Waals surface area contributed by atoms with E-state index in [1.54, 1.807) is 14.1 Å². The first kappa shape index (κ1) is 27.4. The molecule has 0 unspecified atom stereocenters. The summed E-state index contributed by atoms with van der Waals surface area (Å²) in [6.45, 7) is 0. The van der Waals surface area contributed by atoms with Crippen LogP contribution in [0, 0.1) is 11.8 Å². The van der Waals surface area contributed by atoms with E-state index in [1.807, 2.05) is 66.7 Å². The number of carbonyl (C=O) groups is 3. The second-order valence-electron chi connectivity index (χ2n) is 11.4. The second kappa shape index (κ2) is 9.68. The molecule has 3 aromatic carbocycles. The number of likely N-dealkylation sites (N-methyl/N-ethyl adjacent to an activating group) is 1. The molecule has 0 saturated heterocycles. The van der Waals surface area contributed by atoms with Crippen LogP contribution in [0.3, 0.4) is 0 Å². The van der Waals surface area contributed by atoms with Gasteiger partial charge in [-0.3, -0.25) is 19.3 Å². The molecule has 214 valence electrons. The molecule has 0 aromatic heterocycles. The van der Waals surface area contributed by atoms with Crippen molar-refractivity contribution in [3.05, 3.63) is 94.8 Å². The maximum absolute atomic E-state index is 14.2. The summed E-state index contributed by atoms with van der Waals surface area (Å²) in [5.41, 5.74) is 5.11. The second-order valence-corrected chi connectivity index (χ2v) is 11.4. The minimum Gasteiger partial charge on any atom is -0.508 e. The molecule has 9 heteroatoms. The fourth-order valence-corrected chi connectivity index (χ4v) is 7.02. The van der Waals surface area contributed by atoms with Crippen molar-refractivity contribution < 1.29 is 34.8 Å². The van der Waals surface area contributed by atoms with E-state index in [-0.39, 0.29) is 29.7 Å². The Balaban J connectivity index is 1.63. The molecular weight excluding hydrogens is 536 g/mol. The molecule has 6 rings (SSSR count). The summed E-state index contributed by atoms with van der Waals surface area (Å²) in [7, 11) is 3.15. The van der Waals surface area contributed by atoms with Gasteiger partial charge in [0.2, 0.25) is 5.78 Å². The first-order valence-electron chi connectivity index (χ1n) is 13.6. The van der Waals surface area contributed by atoms with Gasteiger partial charge in [-0.1, -0.05) is 60.7 Å². The highest BCUT2D eigenvalue weighted by Crippen LogP contribution is 2.55. The van der Waals surface area contributed by atoms with E-state index in [1.165, 1.54) is 4.90 Å². The van der Waals surface area contributed by atoms with Crippen LogP contribution in [0.4, 0.5) is 0 Å². The lowest BCUT2D eigenvalue weighted by Crippen LogP contribution is -2.65. The minimum absolute atomic E-state index is 0.0290. The number of benzene rings is 3. The van der Waals surface area contributed by atoms with Crippen molar-refractivity contribution in [2.45, 2.75) is 24.5 Å². The fraction of sp³-hybridized carbons (Fsp3) is 0.242. The maximum Gasteiger partial charge on any atom is 0.255 e. The summed E-state index contributed by atoms with van der Waals surface area (Å²) < 4.78 is 0. The molecule has 3 aliphatic carbocycles. The van der Waals surface area contributed by atoms with Gasteiger partial charge in [0.25, 0.3) is 5.91 Å². The molecule has 3 aliphatic rings. The van der Waals surface area contributed by atoms with Crippen LogP contribution < -0.4 is 5.73 Å². The number of fused-ring (bicyclic) bond motifs is 3. The van der Waals surface area contributed by atoms with Crippen LogP contribution in [0.15, 0.2) is 83.6 Å². The SMILES string of the molecule is CN(C)[C@H]1C(=O)C(C(N)=O)=C(O)[C@]2(O)C(=O)C3=C(O)c4c(O)c(-c5ccccc5)cc(-c5ccccc5)c4C[C@@H]3C[C@H]12. The van der Waals surface area contributed by atoms with Gasteiger partial charge in [-0.05, 0) is 61.2 Å². The third kappa shape index (κ3) is 3.74. The van der Waals surface area contributed by atoms with E-state index in [9.17, 15) is 34.8 Å². The maximum atomic E-state index is 14.2. The van der Waals surface area contributed by atoms with E-state index >= 15 is 0 Å². The lowest BCUT2D eigenvalue weighted by atomic mass is 9.57. The van der Waals surface area contributed by atoms with Gasteiger partial charge >= 0.3 is 0 Å². The van der Waals surface area contributed by atoms with Gasteiger partial charge < -0.3 is 26.2 Å². The normalized spacial score (nSPS) is 25.3. The van der Waals surface area contributed by atoms with E-state index < -0.39 is 58.0 Å². The zero-order chi connectivity index (χ0) is 30.1. The van der Waals surface area contributed by atoms with Gasteiger partial charge in [0, 0.05) is 17.1 Å². The van der Waals surface area contributed by atoms with Crippen molar-refractivity contribution in [1.29, 1.82) is 0 Å². The number of aliphatic hydroxyl groups is 3. The highest BCUT2D eigenvalue weighted by molar-refractivity contribution is 6.24. The summed E-state index contributed by atoms with van der Waals surface area (Å²) in [4.78, 5) is 41.2. The van der Waals surface area contributed by atoms with Crippen molar-refractivity contribution in [3.8, 4) is 28.0 Å². The minimum atomic E-state index is -2.68. The number of ketones is 2. The standard InChI is InChI=1S/C33H30N2O7/c1-35(2)26-22-14-18-13-21-19(16-9-5-3-6-10-16)15-20(17-11-7-4-8-12-17)27(36)24(21)28(37)23(18)30(39)33(22,42)31(40)25(29(26)38)32(34)41/h3-12,15,18,22,26,36-37,40,42H,13-14H2,1-2H3,(H2,34,41)/t18-,22-,26-,33-/m1/s1. The van der Waals surface area contributed by atoms with Gasteiger partial charge in [-0.25, -0.2) is 0 Å². The van der Waals surface area contributed by atoms with Crippen LogP contribution in [0.5, 0.6) is 5.75 Å². The number of amides is 1. The number of Topliss-reactive ketones (excluding diaryl/α,β-unsaturated/α-hetero) is 2. The topological polar surface area (TPSA) is 161 Å². The summed E-state index contributed by atoms with van der Waals surface area (Å²) in [6.07, 6.45) is 0.239. The molecule has 0 bridgehead atoms. The number of aliphatic hydroxyl groups excluding tert-OH is 2. The first-order valence-corrected chi connectivity index (χ1v) is 13.6. The number of nitrogens with two attached hydrogens (primary N) is 1. The Bertz CT molecular complexity index is 1730. The number of nitrogens with zero attached hydrogens (tertiary/aromatic N) is 1. The Morgan fingerprint density at radius 1 is 0.929 bits per heavy atom. The van der Waals surface area contributed by atoms with Gasteiger partial charge in [0.05, 0.1) is 11.6 Å². The quantitative estimate of drug-likeness (QED) is 0.301. The number of aromatic hydroxyl groups is 1. The van der Waals surface area contributed by atoms with Crippen LogP contribution in [-0.2, 0) is 20.8 Å². The molecule has 1 saturated carbocycles. The van der Waals surface area contributed by atoms with Crippen LogP contribution in [0.1, 0.15) is 17.5 Å². The highest BCUT2D eigenvalue weighted by atomic mass is 16.3. The molecule has 9 nitrogen and oxygen atoms in total. The number of primary amides is 1. The zero-order valence-electron chi connectivity index (χ0n) is 23.0. The molecular formula is C33H30N2O7. The van der Waals surface area contributed by atoms with E-state index in [0.717, 1.165) is 11.1 Å². The molecule has 4 atom stereocenters. The molecule has 0 spiro atoms. The Morgan fingerprint density at radius 3 is 2.05 bits per heavy atom. The molecule has 1 fully saturated rings. The van der Waals surface area contributed by atoms with Gasteiger partial charge in [0.1, 0.15) is 22.8 Å². The van der Waals surface area contributed by atoms with Crippen molar-refractivity contribution in [2.75, 3.05) is 14.1 Å². The Labute approximate surface area is 241 Å². The highest BCUT2D eigenvalue weighted by Gasteiger charge is 2.64.